The first-order valence-electron chi connectivity index (χ1n) is 6.97. The predicted octanol–water partition coefficient (Wildman–Crippen LogP) is 1.55. The van der Waals surface area contributed by atoms with E-state index in [0.717, 1.165) is 19.3 Å². The third-order valence-corrected chi connectivity index (χ3v) is 3.43. The Morgan fingerprint density at radius 3 is 3.11 bits per heavy atom. The minimum atomic E-state index is 0.00884. The lowest BCUT2D eigenvalue weighted by Gasteiger charge is -2.25. The first-order valence-corrected chi connectivity index (χ1v) is 6.97. The summed E-state index contributed by atoms with van der Waals surface area (Å²) in [7, 11) is 0. The summed E-state index contributed by atoms with van der Waals surface area (Å²) in [5.41, 5.74) is 8.00. The second-order valence-electron chi connectivity index (χ2n) is 4.84. The van der Waals surface area contributed by atoms with Crippen molar-refractivity contribution in [2.75, 3.05) is 19.7 Å². The molecule has 0 bridgehead atoms. The van der Waals surface area contributed by atoms with Crippen molar-refractivity contribution in [3.05, 3.63) is 35.4 Å². The van der Waals surface area contributed by atoms with Gasteiger partial charge in [-0.05, 0) is 30.4 Å². The fourth-order valence-corrected chi connectivity index (χ4v) is 2.48. The molecule has 1 unspecified atom stereocenters. The molecule has 0 aromatic heterocycles. The van der Waals surface area contributed by atoms with E-state index in [9.17, 15) is 4.79 Å². The maximum atomic E-state index is 11.4. The van der Waals surface area contributed by atoms with Crippen molar-refractivity contribution in [2.45, 2.75) is 31.8 Å². The number of carbonyl (C=O) groups excluding carboxylic acids is 1. The molecule has 3 N–H and O–H groups in total. The number of ether oxygens (including phenoxy) is 1. The van der Waals surface area contributed by atoms with E-state index in [-0.39, 0.29) is 12.0 Å². The van der Waals surface area contributed by atoms with Gasteiger partial charge in [-0.15, -0.1) is 0 Å². The number of aryl methyl sites for hydroxylation is 1. The monoisotopic (exact) mass is 262 g/mol. The molecule has 4 heteroatoms. The summed E-state index contributed by atoms with van der Waals surface area (Å²) in [6, 6.07) is 8.42. The van der Waals surface area contributed by atoms with E-state index in [0.29, 0.717) is 26.1 Å². The van der Waals surface area contributed by atoms with Gasteiger partial charge in [0.15, 0.2) is 0 Å². The quantitative estimate of drug-likeness (QED) is 0.817. The van der Waals surface area contributed by atoms with Gasteiger partial charge in [-0.1, -0.05) is 24.3 Å². The third kappa shape index (κ3) is 4.04. The molecule has 104 valence electrons. The predicted molar refractivity (Wildman–Crippen MR) is 74.8 cm³/mol. The Morgan fingerprint density at radius 2 is 2.26 bits per heavy atom. The summed E-state index contributed by atoms with van der Waals surface area (Å²) >= 11 is 0. The van der Waals surface area contributed by atoms with E-state index < -0.39 is 0 Å². The molecule has 1 atom stereocenters. The first-order chi connectivity index (χ1) is 9.31. The standard InChI is InChI=1S/C15H22N2O2/c16-9-10-17-15(18)8-11-19-14-7-3-5-12-4-1-2-6-13(12)14/h1-2,4,6,14H,3,5,7-11,16H2,(H,17,18). The zero-order chi connectivity index (χ0) is 13.5. The summed E-state index contributed by atoms with van der Waals surface area (Å²) in [6.07, 6.45) is 3.88. The summed E-state index contributed by atoms with van der Waals surface area (Å²) in [5.74, 6) is 0.00884. The number of fused-ring (bicyclic) bond motifs is 1. The number of hydrogen-bond donors (Lipinski definition) is 2. The van der Waals surface area contributed by atoms with E-state index in [4.69, 9.17) is 10.5 Å². The van der Waals surface area contributed by atoms with Gasteiger partial charge in [0.25, 0.3) is 0 Å². The molecule has 19 heavy (non-hydrogen) atoms. The molecule has 1 aliphatic carbocycles. The average Bonchev–Trinajstić information content (AvgIpc) is 2.45. The van der Waals surface area contributed by atoms with Gasteiger partial charge >= 0.3 is 0 Å². The minimum absolute atomic E-state index is 0.00884. The molecule has 0 saturated heterocycles. The Kier molecular flexibility index (Phi) is 5.36. The van der Waals surface area contributed by atoms with Crippen LogP contribution < -0.4 is 11.1 Å². The summed E-state index contributed by atoms with van der Waals surface area (Å²) in [6.45, 7) is 1.48. The van der Waals surface area contributed by atoms with Gasteiger partial charge in [-0.25, -0.2) is 0 Å². The molecule has 1 aliphatic rings. The molecular formula is C15H22N2O2. The number of nitrogens with one attached hydrogen (secondary N) is 1. The van der Waals surface area contributed by atoms with Crippen LogP contribution in [0.1, 0.15) is 36.5 Å². The Morgan fingerprint density at radius 1 is 1.42 bits per heavy atom. The molecule has 0 saturated carbocycles. The van der Waals surface area contributed by atoms with Crippen LogP contribution in [-0.4, -0.2) is 25.6 Å². The van der Waals surface area contributed by atoms with Crippen LogP contribution in [0.25, 0.3) is 0 Å². The lowest BCUT2D eigenvalue weighted by atomic mass is 9.89. The molecule has 0 aliphatic heterocycles. The second kappa shape index (κ2) is 7.26. The van der Waals surface area contributed by atoms with Gasteiger partial charge in [0.2, 0.25) is 5.91 Å². The molecule has 2 rings (SSSR count). The lowest BCUT2D eigenvalue weighted by Crippen LogP contribution is -2.29. The molecule has 0 radical (unpaired) electrons. The van der Waals surface area contributed by atoms with Gasteiger partial charge in [0.1, 0.15) is 0 Å². The molecule has 1 aromatic carbocycles. The fraction of sp³-hybridized carbons (Fsp3) is 0.533. The van der Waals surface area contributed by atoms with Crippen LogP contribution in [0.2, 0.25) is 0 Å². The van der Waals surface area contributed by atoms with Crippen molar-refractivity contribution in [3.8, 4) is 0 Å². The number of hydrogen-bond acceptors (Lipinski definition) is 3. The van der Waals surface area contributed by atoms with Crippen LogP contribution in [-0.2, 0) is 16.0 Å². The second-order valence-corrected chi connectivity index (χ2v) is 4.84. The van der Waals surface area contributed by atoms with Crippen LogP contribution >= 0.6 is 0 Å². The minimum Gasteiger partial charge on any atom is -0.373 e. The Labute approximate surface area is 114 Å². The van der Waals surface area contributed by atoms with Gasteiger partial charge in [0, 0.05) is 19.5 Å². The number of benzene rings is 1. The topological polar surface area (TPSA) is 64.3 Å². The lowest BCUT2D eigenvalue weighted by molar-refractivity contribution is -0.122. The molecule has 0 spiro atoms. The highest BCUT2D eigenvalue weighted by Gasteiger charge is 2.20. The van der Waals surface area contributed by atoms with Crippen LogP contribution in [0.3, 0.4) is 0 Å². The number of rotatable bonds is 6. The maximum Gasteiger partial charge on any atom is 0.222 e. The number of nitrogens with two attached hydrogens (primary N) is 1. The Bertz CT molecular complexity index is 420. The summed E-state index contributed by atoms with van der Waals surface area (Å²) in [4.78, 5) is 11.4. The SMILES string of the molecule is NCCNC(=O)CCOC1CCCc2ccccc21. The van der Waals surface area contributed by atoms with Gasteiger partial charge < -0.3 is 15.8 Å². The largest absolute Gasteiger partial charge is 0.373 e. The van der Waals surface area contributed by atoms with Crippen LogP contribution in [0, 0.1) is 0 Å². The van der Waals surface area contributed by atoms with Gasteiger partial charge in [0.05, 0.1) is 12.7 Å². The van der Waals surface area contributed by atoms with E-state index in [1.165, 1.54) is 11.1 Å². The van der Waals surface area contributed by atoms with Crippen molar-refractivity contribution < 1.29 is 9.53 Å². The summed E-state index contributed by atoms with van der Waals surface area (Å²) in [5, 5.41) is 2.75. The molecule has 0 heterocycles. The van der Waals surface area contributed by atoms with Crippen molar-refractivity contribution in [1.29, 1.82) is 0 Å². The smallest absolute Gasteiger partial charge is 0.222 e. The third-order valence-electron chi connectivity index (χ3n) is 3.43. The highest BCUT2D eigenvalue weighted by Crippen LogP contribution is 2.32. The number of carbonyl (C=O) groups is 1. The van der Waals surface area contributed by atoms with Gasteiger partial charge in [-0.2, -0.15) is 0 Å². The molecule has 1 aromatic rings. The van der Waals surface area contributed by atoms with Crippen LogP contribution in [0.15, 0.2) is 24.3 Å². The van der Waals surface area contributed by atoms with Crippen molar-refractivity contribution in [3.63, 3.8) is 0 Å². The van der Waals surface area contributed by atoms with Crippen molar-refractivity contribution in [1.82, 2.24) is 5.32 Å². The van der Waals surface area contributed by atoms with E-state index in [1.54, 1.807) is 0 Å². The molecule has 4 nitrogen and oxygen atoms in total. The Hall–Kier alpha value is -1.39. The molecular weight excluding hydrogens is 240 g/mol. The van der Waals surface area contributed by atoms with E-state index in [1.807, 2.05) is 0 Å². The highest BCUT2D eigenvalue weighted by molar-refractivity contribution is 5.75. The Balaban J connectivity index is 1.80. The zero-order valence-electron chi connectivity index (χ0n) is 11.2. The molecule has 0 fully saturated rings. The summed E-state index contributed by atoms with van der Waals surface area (Å²) < 4.78 is 5.87. The average molecular weight is 262 g/mol. The van der Waals surface area contributed by atoms with Gasteiger partial charge in [-0.3, -0.25) is 4.79 Å². The van der Waals surface area contributed by atoms with Crippen molar-refractivity contribution in [2.24, 2.45) is 5.73 Å². The molecule has 1 amide bonds. The van der Waals surface area contributed by atoms with Crippen LogP contribution in [0.4, 0.5) is 0 Å². The highest BCUT2D eigenvalue weighted by atomic mass is 16.5. The first kappa shape index (κ1) is 14.0. The normalized spacial score (nSPS) is 17.8. The van der Waals surface area contributed by atoms with E-state index in [2.05, 4.69) is 29.6 Å². The zero-order valence-corrected chi connectivity index (χ0v) is 11.2. The van der Waals surface area contributed by atoms with Crippen molar-refractivity contribution >= 4 is 5.91 Å². The maximum absolute atomic E-state index is 11.4. The van der Waals surface area contributed by atoms with E-state index >= 15 is 0 Å². The number of amides is 1. The van der Waals surface area contributed by atoms with Crippen LogP contribution in [0.5, 0.6) is 0 Å². The fourth-order valence-electron chi connectivity index (χ4n) is 2.48.